The molecule has 1 aliphatic heterocycles. The molecule has 2 heterocycles. The Morgan fingerprint density at radius 2 is 1.91 bits per heavy atom. The fraction of sp³-hybridized carbons (Fsp3) is 0.706. The van der Waals surface area contributed by atoms with E-state index in [1.165, 1.54) is 0 Å². The molecule has 23 heavy (non-hydrogen) atoms. The predicted molar refractivity (Wildman–Crippen MR) is 91.5 cm³/mol. The molecule has 1 aliphatic rings. The smallest absolute Gasteiger partial charge is 0.343 e. The average molecular weight is 320 g/mol. The Hall–Kier alpha value is -1.85. The van der Waals surface area contributed by atoms with Gasteiger partial charge in [-0.3, -0.25) is 0 Å². The van der Waals surface area contributed by atoms with Crippen molar-refractivity contribution in [1.82, 2.24) is 9.97 Å². The van der Waals surface area contributed by atoms with E-state index >= 15 is 0 Å². The molecule has 0 atom stereocenters. The van der Waals surface area contributed by atoms with E-state index < -0.39 is 5.97 Å². The van der Waals surface area contributed by atoms with Crippen molar-refractivity contribution in [1.29, 1.82) is 0 Å². The number of nitrogens with two attached hydrogens (primary N) is 1. The van der Waals surface area contributed by atoms with E-state index in [1.54, 1.807) is 13.8 Å². The molecule has 0 aliphatic carbocycles. The van der Waals surface area contributed by atoms with E-state index in [2.05, 4.69) is 35.6 Å². The van der Waals surface area contributed by atoms with Crippen LogP contribution in [0.1, 0.15) is 56.6 Å². The molecule has 6 nitrogen and oxygen atoms in total. The molecule has 1 fully saturated rings. The minimum atomic E-state index is -0.458. The lowest BCUT2D eigenvalue weighted by Crippen LogP contribution is -2.39. The molecular weight excluding hydrogens is 292 g/mol. The molecule has 128 valence electrons. The Bertz CT molecular complexity index is 549. The van der Waals surface area contributed by atoms with Gasteiger partial charge in [-0.05, 0) is 38.0 Å². The summed E-state index contributed by atoms with van der Waals surface area (Å²) < 4.78 is 5.01. The average Bonchev–Trinajstić information content (AvgIpc) is 2.46. The third kappa shape index (κ3) is 3.92. The van der Waals surface area contributed by atoms with Gasteiger partial charge in [0, 0.05) is 13.1 Å². The number of ether oxygens (including phenoxy) is 1. The molecule has 0 amide bonds. The second kappa shape index (κ2) is 6.72. The van der Waals surface area contributed by atoms with Crippen molar-refractivity contribution in [3.8, 4) is 0 Å². The van der Waals surface area contributed by atoms with E-state index in [1.807, 2.05) is 0 Å². The van der Waals surface area contributed by atoms with Crippen LogP contribution in [0.3, 0.4) is 0 Å². The highest BCUT2D eigenvalue weighted by Gasteiger charge is 2.30. The molecule has 1 aromatic rings. The third-order valence-electron chi connectivity index (χ3n) is 4.59. The number of piperidine rings is 1. The van der Waals surface area contributed by atoms with E-state index in [0.29, 0.717) is 29.6 Å². The van der Waals surface area contributed by atoms with Crippen molar-refractivity contribution in [2.75, 3.05) is 30.3 Å². The summed E-state index contributed by atoms with van der Waals surface area (Å²) in [4.78, 5) is 22.9. The van der Waals surface area contributed by atoms with Crippen LogP contribution in [-0.4, -0.2) is 35.6 Å². The SMILES string of the molecule is CCOC(=O)c1c(C)nc(N2CCC(C(C)(C)C)CC2)nc1N. The highest BCUT2D eigenvalue weighted by molar-refractivity contribution is 5.95. The summed E-state index contributed by atoms with van der Waals surface area (Å²) in [5, 5.41) is 0. The van der Waals surface area contributed by atoms with Crippen molar-refractivity contribution in [3.63, 3.8) is 0 Å². The highest BCUT2D eigenvalue weighted by atomic mass is 16.5. The zero-order chi connectivity index (χ0) is 17.2. The number of aryl methyl sites for hydroxylation is 1. The standard InChI is InChI=1S/C17H28N4O2/c1-6-23-15(22)13-11(2)19-16(20-14(13)18)21-9-7-12(8-10-21)17(3,4)5/h12H,6-10H2,1-5H3,(H2,18,19,20). The molecule has 6 heteroatoms. The fourth-order valence-electron chi connectivity index (χ4n) is 3.12. The van der Waals surface area contributed by atoms with Crippen LogP contribution in [0.15, 0.2) is 0 Å². The highest BCUT2D eigenvalue weighted by Crippen LogP contribution is 2.35. The largest absolute Gasteiger partial charge is 0.462 e. The zero-order valence-corrected chi connectivity index (χ0v) is 14.8. The molecule has 0 radical (unpaired) electrons. The van der Waals surface area contributed by atoms with Crippen molar-refractivity contribution in [2.24, 2.45) is 11.3 Å². The molecule has 0 unspecified atom stereocenters. The van der Waals surface area contributed by atoms with Crippen molar-refractivity contribution >= 4 is 17.7 Å². The second-order valence-corrected chi connectivity index (χ2v) is 7.22. The van der Waals surface area contributed by atoms with Gasteiger partial charge in [0.1, 0.15) is 11.4 Å². The van der Waals surface area contributed by atoms with Gasteiger partial charge in [-0.2, -0.15) is 4.98 Å². The van der Waals surface area contributed by atoms with E-state index in [-0.39, 0.29) is 11.4 Å². The number of esters is 1. The van der Waals surface area contributed by atoms with Crippen molar-refractivity contribution in [2.45, 2.75) is 47.5 Å². The van der Waals surface area contributed by atoms with Crippen molar-refractivity contribution in [3.05, 3.63) is 11.3 Å². The third-order valence-corrected chi connectivity index (χ3v) is 4.59. The monoisotopic (exact) mass is 320 g/mol. The van der Waals surface area contributed by atoms with Crippen molar-refractivity contribution < 1.29 is 9.53 Å². The topological polar surface area (TPSA) is 81.3 Å². The number of carbonyl (C=O) groups excluding carboxylic acids is 1. The number of nitrogens with zero attached hydrogens (tertiary/aromatic N) is 3. The molecule has 1 saturated heterocycles. The normalized spacial score (nSPS) is 16.5. The Kier molecular flexibility index (Phi) is 5.12. The lowest BCUT2D eigenvalue weighted by atomic mass is 9.75. The molecule has 0 spiro atoms. The van der Waals surface area contributed by atoms with E-state index in [4.69, 9.17) is 10.5 Å². The fourth-order valence-corrected chi connectivity index (χ4v) is 3.12. The number of hydrogen-bond acceptors (Lipinski definition) is 6. The predicted octanol–water partition coefficient (Wildman–Crippen LogP) is 2.81. The Labute approximate surface area is 138 Å². The quantitative estimate of drug-likeness (QED) is 0.863. The van der Waals surface area contributed by atoms with Gasteiger partial charge in [0.25, 0.3) is 0 Å². The summed E-state index contributed by atoms with van der Waals surface area (Å²) in [5.74, 6) is 1.06. The molecule has 0 aromatic carbocycles. The first-order valence-electron chi connectivity index (χ1n) is 8.30. The summed E-state index contributed by atoms with van der Waals surface area (Å²) >= 11 is 0. The molecule has 1 aromatic heterocycles. The van der Waals surface area contributed by atoms with Crippen LogP contribution < -0.4 is 10.6 Å². The van der Waals surface area contributed by atoms with Crippen LogP contribution in [0.2, 0.25) is 0 Å². The first-order chi connectivity index (χ1) is 10.7. The van der Waals surface area contributed by atoms with Crippen LogP contribution >= 0.6 is 0 Å². The van der Waals surface area contributed by atoms with Gasteiger partial charge in [-0.25, -0.2) is 9.78 Å². The molecule has 0 saturated carbocycles. The molecule has 0 bridgehead atoms. The summed E-state index contributed by atoms with van der Waals surface area (Å²) in [6.07, 6.45) is 2.23. The van der Waals surface area contributed by atoms with Crippen LogP contribution in [0.25, 0.3) is 0 Å². The number of rotatable bonds is 3. The number of carbonyl (C=O) groups is 1. The van der Waals surface area contributed by atoms with E-state index in [0.717, 1.165) is 25.9 Å². The summed E-state index contributed by atoms with van der Waals surface area (Å²) in [6, 6.07) is 0. The van der Waals surface area contributed by atoms with Crippen LogP contribution in [-0.2, 0) is 4.74 Å². The van der Waals surface area contributed by atoms with Gasteiger partial charge >= 0.3 is 5.97 Å². The zero-order valence-electron chi connectivity index (χ0n) is 14.8. The minimum Gasteiger partial charge on any atom is -0.462 e. The molecule has 2 rings (SSSR count). The summed E-state index contributed by atoms with van der Waals surface area (Å²) in [6.45, 7) is 12.5. The van der Waals surface area contributed by atoms with Gasteiger partial charge in [0.05, 0.1) is 12.3 Å². The Balaban J connectivity index is 2.15. The van der Waals surface area contributed by atoms with Crippen LogP contribution in [0.5, 0.6) is 0 Å². The Morgan fingerprint density at radius 1 is 1.30 bits per heavy atom. The van der Waals surface area contributed by atoms with Crippen LogP contribution in [0, 0.1) is 18.3 Å². The first kappa shape index (κ1) is 17.5. The summed E-state index contributed by atoms with van der Waals surface area (Å²) in [7, 11) is 0. The molecular formula is C17H28N4O2. The lowest BCUT2D eigenvalue weighted by molar-refractivity contribution is 0.0526. The number of anilines is 2. The maximum atomic E-state index is 11.9. The minimum absolute atomic E-state index is 0.198. The number of nitrogen functional groups attached to an aromatic ring is 1. The maximum Gasteiger partial charge on any atom is 0.343 e. The van der Waals surface area contributed by atoms with Gasteiger partial charge in [0.2, 0.25) is 5.95 Å². The summed E-state index contributed by atoms with van der Waals surface area (Å²) in [5.41, 5.74) is 7.16. The number of hydrogen-bond donors (Lipinski definition) is 1. The maximum absolute atomic E-state index is 11.9. The van der Waals surface area contributed by atoms with E-state index in [9.17, 15) is 4.79 Å². The first-order valence-corrected chi connectivity index (χ1v) is 8.30. The van der Waals surface area contributed by atoms with Gasteiger partial charge in [-0.1, -0.05) is 20.8 Å². The van der Waals surface area contributed by atoms with Gasteiger partial charge in [-0.15, -0.1) is 0 Å². The number of aromatic nitrogens is 2. The van der Waals surface area contributed by atoms with Gasteiger partial charge < -0.3 is 15.4 Å². The second-order valence-electron chi connectivity index (χ2n) is 7.22. The van der Waals surface area contributed by atoms with Gasteiger partial charge in [0.15, 0.2) is 0 Å². The molecule has 2 N–H and O–H groups in total. The van der Waals surface area contributed by atoms with Crippen LogP contribution in [0.4, 0.5) is 11.8 Å². The lowest BCUT2D eigenvalue weighted by Gasteiger charge is -2.38. The Morgan fingerprint density at radius 3 is 2.39 bits per heavy atom.